The quantitative estimate of drug-likeness (QED) is 0.370. The SMILES string of the molecule is CCCC[N+](CCCC)(CCCC)CCCC.[BH4-]. The van der Waals surface area contributed by atoms with Crippen LogP contribution < -0.4 is 0 Å². The van der Waals surface area contributed by atoms with Crippen molar-refractivity contribution in [2.24, 2.45) is 0 Å². The summed E-state index contributed by atoms with van der Waals surface area (Å²) in [6.45, 7) is 15.0. The predicted molar refractivity (Wildman–Crippen MR) is 90.7 cm³/mol. The monoisotopic (exact) mass is 257 g/mol. The summed E-state index contributed by atoms with van der Waals surface area (Å²) >= 11 is 0. The lowest BCUT2D eigenvalue weighted by atomic mass is 10.1. The fourth-order valence-electron chi connectivity index (χ4n) is 2.64. The van der Waals surface area contributed by atoms with E-state index in [2.05, 4.69) is 27.7 Å². The zero-order valence-corrected chi connectivity index (χ0v) is 12.9. The summed E-state index contributed by atoms with van der Waals surface area (Å²) in [5.74, 6) is 0. The van der Waals surface area contributed by atoms with E-state index in [-0.39, 0.29) is 8.41 Å². The fourth-order valence-corrected chi connectivity index (χ4v) is 2.64. The number of hydrogen-bond donors (Lipinski definition) is 0. The van der Waals surface area contributed by atoms with Gasteiger partial charge in [0.15, 0.2) is 0 Å². The molecule has 0 aromatic carbocycles. The zero-order valence-electron chi connectivity index (χ0n) is 12.9. The molecule has 0 unspecified atom stereocenters. The van der Waals surface area contributed by atoms with Gasteiger partial charge in [-0.05, 0) is 25.7 Å². The van der Waals surface area contributed by atoms with Crippen molar-refractivity contribution in [2.45, 2.75) is 79.1 Å². The Morgan fingerprint density at radius 1 is 0.500 bits per heavy atom. The molecule has 0 bridgehead atoms. The normalized spacial score (nSPS) is 11.3. The van der Waals surface area contributed by atoms with Gasteiger partial charge in [-0.15, -0.1) is 0 Å². The lowest BCUT2D eigenvalue weighted by Crippen LogP contribution is -2.50. The topological polar surface area (TPSA) is 0 Å². The van der Waals surface area contributed by atoms with Gasteiger partial charge in [0.1, 0.15) is 0 Å². The first-order valence-electron chi connectivity index (χ1n) is 8.09. The van der Waals surface area contributed by atoms with Gasteiger partial charge in [-0.25, -0.2) is 0 Å². The first-order valence-corrected chi connectivity index (χ1v) is 8.09. The van der Waals surface area contributed by atoms with E-state index in [1.807, 2.05) is 0 Å². The number of hydrogen-bond acceptors (Lipinski definition) is 0. The Morgan fingerprint density at radius 2 is 0.722 bits per heavy atom. The lowest BCUT2D eigenvalue weighted by Gasteiger charge is -2.39. The summed E-state index contributed by atoms with van der Waals surface area (Å²) in [5.41, 5.74) is 0. The summed E-state index contributed by atoms with van der Waals surface area (Å²) in [4.78, 5) is 0. The van der Waals surface area contributed by atoms with Crippen molar-refractivity contribution in [3.63, 3.8) is 0 Å². The van der Waals surface area contributed by atoms with Crippen LogP contribution in [0.3, 0.4) is 0 Å². The summed E-state index contributed by atoms with van der Waals surface area (Å²) in [6, 6.07) is 0. The molecule has 0 saturated heterocycles. The lowest BCUT2D eigenvalue weighted by molar-refractivity contribution is -0.929. The third-order valence-corrected chi connectivity index (χ3v) is 3.94. The van der Waals surface area contributed by atoms with Gasteiger partial charge >= 0.3 is 0 Å². The van der Waals surface area contributed by atoms with Crippen LogP contribution in [0.5, 0.6) is 0 Å². The summed E-state index contributed by atoms with van der Waals surface area (Å²) in [5, 5.41) is 0. The summed E-state index contributed by atoms with van der Waals surface area (Å²) in [6.07, 6.45) is 11.1. The Kier molecular flexibility index (Phi) is 15.2. The Bertz CT molecular complexity index is 122. The van der Waals surface area contributed by atoms with Crippen molar-refractivity contribution >= 4 is 8.41 Å². The maximum Gasteiger partial charge on any atom is 0.0786 e. The average Bonchev–Trinajstić information content (AvgIpc) is 2.37. The number of rotatable bonds is 12. The van der Waals surface area contributed by atoms with E-state index in [4.69, 9.17) is 0 Å². The van der Waals surface area contributed by atoms with Gasteiger partial charge in [-0.1, -0.05) is 61.8 Å². The highest BCUT2D eigenvalue weighted by Gasteiger charge is 2.24. The van der Waals surface area contributed by atoms with Crippen LogP contribution in [0, 0.1) is 0 Å². The molecule has 0 atom stereocenters. The first kappa shape index (κ1) is 20.3. The molecule has 0 fully saturated rings. The van der Waals surface area contributed by atoms with E-state index >= 15 is 0 Å². The van der Waals surface area contributed by atoms with E-state index in [0.29, 0.717) is 0 Å². The maximum absolute atomic E-state index is 2.33. The van der Waals surface area contributed by atoms with Crippen molar-refractivity contribution in [1.29, 1.82) is 0 Å². The van der Waals surface area contributed by atoms with Crippen molar-refractivity contribution < 1.29 is 4.48 Å². The minimum atomic E-state index is 0. The van der Waals surface area contributed by atoms with Crippen LogP contribution in [-0.4, -0.2) is 39.1 Å². The molecule has 0 N–H and O–H groups in total. The van der Waals surface area contributed by atoms with Crippen LogP contribution in [0.1, 0.15) is 79.1 Å². The van der Waals surface area contributed by atoms with Crippen LogP contribution >= 0.6 is 0 Å². The molecule has 0 aliphatic carbocycles. The molecule has 2 heteroatoms. The number of unbranched alkanes of at least 4 members (excludes halogenated alkanes) is 4. The average molecular weight is 257 g/mol. The van der Waals surface area contributed by atoms with Crippen LogP contribution in [0.4, 0.5) is 0 Å². The van der Waals surface area contributed by atoms with E-state index in [9.17, 15) is 0 Å². The Morgan fingerprint density at radius 3 is 0.889 bits per heavy atom. The van der Waals surface area contributed by atoms with E-state index in [1.54, 1.807) is 0 Å². The third-order valence-electron chi connectivity index (χ3n) is 3.94. The van der Waals surface area contributed by atoms with Crippen LogP contribution in [0.15, 0.2) is 0 Å². The highest BCUT2D eigenvalue weighted by atomic mass is 15.3. The van der Waals surface area contributed by atoms with E-state index < -0.39 is 0 Å². The van der Waals surface area contributed by atoms with Crippen LogP contribution in [0.2, 0.25) is 0 Å². The second-order valence-electron chi connectivity index (χ2n) is 5.65. The minimum Gasteiger partial charge on any atom is -0.324 e. The highest BCUT2D eigenvalue weighted by molar-refractivity contribution is 5.75. The molecule has 112 valence electrons. The number of quaternary nitrogens is 1. The predicted octanol–water partition coefficient (Wildman–Crippen LogP) is 3.55. The molecule has 0 aliphatic heterocycles. The van der Waals surface area contributed by atoms with Gasteiger partial charge in [-0.3, -0.25) is 0 Å². The van der Waals surface area contributed by atoms with Gasteiger partial charge in [0.2, 0.25) is 0 Å². The summed E-state index contributed by atoms with van der Waals surface area (Å²) in [7, 11) is 0. The molecule has 0 aliphatic rings. The molecule has 0 saturated carbocycles. The standard InChI is InChI=1S/C16H36N.BH4/c1-5-9-13-17(14-10-6-2,15-11-7-3)16-12-8-4;/h5-16H2,1-4H3;1H4/q+1;-1. The molecular weight excluding hydrogens is 217 g/mol. The smallest absolute Gasteiger partial charge is 0.0786 e. The molecule has 0 spiro atoms. The highest BCUT2D eigenvalue weighted by Crippen LogP contribution is 2.16. The second-order valence-corrected chi connectivity index (χ2v) is 5.65. The molecule has 18 heavy (non-hydrogen) atoms. The summed E-state index contributed by atoms with van der Waals surface area (Å²) < 4.78 is 1.42. The van der Waals surface area contributed by atoms with Gasteiger partial charge in [0, 0.05) is 0 Å². The Labute approximate surface area is 119 Å². The number of nitrogens with zero attached hydrogens (tertiary/aromatic N) is 1. The molecule has 0 aromatic rings. The first-order chi connectivity index (χ1) is 8.24. The van der Waals surface area contributed by atoms with Gasteiger partial charge in [-0.2, -0.15) is 0 Å². The fraction of sp³-hybridized carbons (Fsp3) is 1.00. The molecule has 0 amide bonds. The zero-order chi connectivity index (χ0) is 13.0. The van der Waals surface area contributed by atoms with Crippen molar-refractivity contribution in [3.05, 3.63) is 0 Å². The minimum absolute atomic E-state index is 0. The van der Waals surface area contributed by atoms with Gasteiger partial charge < -0.3 is 4.48 Å². The van der Waals surface area contributed by atoms with Gasteiger partial charge in [0.25, 0.3) is 0 Å². The molecule has 0 aromatic heterocycles. The molecule has 0 radical (unpaired) electrons. The Balaban J connectivity index is 0. The van der Waals surface area contributed by atoms with E-state index in [0.717, 1.165) is 0 Å². The van der Waals surface area contributed by atoms with Crippen molar-refractivity contribution in [2.75, 3.05) is 26.2 Å². The van der Waals surface area contributed by atoms with Crippen molar-refractivity contribution in [1.82, 2.24) is 0 Å². The van der Waals surface area contributed by atoms with Gasteiger partial charge in [0.05, 0.1) is 26.2 Å². The molecule has 1 nitrogen and oxygen atoms in total. The van der Waals surface area contributed by atoms with Crippen LogP contribution in [-0.2, 0) is 0 Å². The van der Waals surface area contributed by atoms with Crippen LogP contribution in [0.25, 0.3) is 0 Å². The second kappa shape index (κ2) is 13.5. The maximum atomic E-state index is 2.33. The molecule has 0 heterocycles. The largest absolute Gasteiger partial charge is 0.324 e. The van der Waals surface area contributed by atoms with Crippen molar-refractivity contribution in [3.8, 4) is 0 Å². The molecular formula is C16H40BN. The third kappa shape index (κ3) is 9.02. The molecule has 0 rings (SSSR count). The Hall–Kier alpha value is 0.0249. The van der Waals surface area contributed by atoms with E-state index in [1.165, 1.54) is 82.0 Å².